The van der Waals surface area contributed by atoms with Gasteiger partial charge in [-0.3, -0.25) is 18.1 Å². The van der Waals surface area contributed by atoms with Gasteiger partial charge < -0.3 is 15.2 Å². The number of aromatic nitrogens is 4. The van der Waals surface area contributed by atoms with Crippen molar-refractivity contribution < 1.29 is 32.0 Å². The van der Waals surface area contributed by atoms with Crippen molar-refractivity contribution in [3.63, 3.8) is 0 Å². The Hall–Kier alpha value is -1.15. The first-order valence-corrected chi connectivity index (χ1v) is 14.6. The SMILES string of the molecule is CCOc1nc(N)nc2c1ncn2[C@@H]1O[C@@H]2CO[P@](=O)(OCCSSC(C)(C)C)O[C@H]2[C@@]1(C)F. The van der Waals surface area contributed by atoms with E-state index in [-0.39, 0.29) is 35.4 Å². The Morgan fingerprint density at radius 1 is 1.41 bits per heavy atom. The monoisotopic (exact) mass is 537 g/mol. The third-order valence-corrected chi connectivity index (χ3v) is 9.74. The Morgan fingerprint density at radius 2 is 2.18 bits per heavy atom. The predicted molar refractivity (Wildman–Crippen MR) is 129 cm³/mol. The second-order valence-corrected chi connectivity index (χ2v) is 13.8. The standard InChI is InChI=1S/C19H29FN5O6PS2/c1-6-27-15-12-14(23-17(21)24-15)25(10-22-12)16-19(5,20)13-11(30-16)9-29-32(26,31-13)28-7-8-33-34-18(2,3)4/h10-11,13,16H,6-9H2,1-5H3,(H2,21,23,24)/t11-,13-,16-,19-,32+/m1/s1. The van der Waals surface area contributed by atoms with Crippen molar-refractivity contribution in [3.8, 4) is 5.88 Å². The molecule has 34 heavy (non-hydrogen) atoms. The molecule has 2 aliphatic rings. The van der Waals surface area contributed by atoms with Gasteiger partial charge in [0.2, 0.25) is 11.8 Å². The number of rotatable bonds is 8. The molecule has 5 atom stereocenters. The minimum Gasteiger partial charge on any atom is -0.476 e. The molecule has 15 heteroatoms. The van der Waals surface area contributed by atoms with Crippen molar-refractivity contribution in [2.45, 2.75) is 63.5 Å². The number of alkyl halides is 1. The number of nitrogens with two attached hydrogens (primary N) is 1. The van der Waals surface area contributed by atoms with Crippen LogP contribution in [0.4, 0.5) is 10.3 Å². The van der Waals surface area contributed by atoms with Crippen LogP contribution >= 0.6 is 29.4 Å². The highest BCUT2D eigenvalue weighted by Crippen LogP contribution is 2.59. The van der Waals surface area contributed by atoms with Gasteiger partial charge >= 0.3 is 7.82 Å². The van der Waals surface area contributed by atoms with Crippen molar-refractivity contribution >= 4 is 46.5 Å². The van der Waals surface area contributed by atoms with E-state index in [0.29, 0.717) is 17.9 Å². The van der Waals surface area contributed by atoms with Gasteiger partial charge in [-0.1, -0.05) is 42.4 Å². The van der Waals surface area contributed by atoms with E-state index in [1.807, 2.05) is 0 Å². The molecule has 0 saturated carbocycles. The molecule has 0 radical (unpaired) electrons. The molecule has 190 valence electrons. The second kappa shape index (κ2) is 9.72. The molecule has 2 fully saturated rings. The molecule has 4 heterocycles. The fourth-order valence-corrected chi connectivity index (χ4v) is 7.32. The lowest BCUT2D eigenvalue weighted by atomic mass is 9.98. The molecule has 2 aromatic heterocycles. The molecule has 0 bridgehead atoms. The Morgan fingerprint density at radius 3 is 2.88 bits per heavy atom. The highest BCUT2D eigenvalue weighted by molar-refractivity contribution is 8.77. The van der Waals surface area contributed by atoms with Crippen LogP contribution in [0.5, 0.6) is 5.88 Å². The van der Waals surface area contributed by atoms with Gasteiger partial charge in [-0.15, -0.1) is 0 Å². The van der Waals surface area contributed by atoms with Crippen LogP contribution in [0, 0.1) is 0 Å². The average molecular weight is 538 g/mol. The maximum absolute atomic E-state index is 16.1. The maximum Gasteiger partial charge on any atom is 0.475 e. The molecule has 0 unspecified atom stereocenters. The summed E-state index contributed by atoms with van der Waals surface area (Å²) in [6, 6.07) is 0. The number of phosphoric ester groups is 1. The van der Waals surface area contributed by atoms with Crippen LogP contribution in [0.2, 0.25) is 0 Å². The van der Waals surface area contributed by atoms with E-state index in [1.165, 1.54) is 17.8 Å². The lowest BCUT2D eigenvalue weighted by molar-refractivity contribution is -0.0701. The Kier molecular flexibility index (Phi) is 7.41. The molecule has 2 saturated heterocycles. The zero-order valence-corrected chi connectivity index (χ0v) is 22.1. The number of nitrogen functional groups attached to an aromatic ring is 1. The van der Waals surface area contributed by atoms with Gasteiger partial charge in [0, 0.05) is 10.5 Å². The normalized spacial score (nSPS) is 31.6. The second-order valence-electron chi connectivity index (χ2n) is 8.94. The van der Waals surface area contributed by atoms with Gasteiger partial charge in [-0.05, 0) is 13.8 Å². The zero-order chi connectivity index (χ0) is 24.7. The fourth-order valence-electron chi connectivity index (χ4n) is 3.63. The molecular weight excluding hydrogens is 508 g/mol. The predicted octanol–water partition coefficient (Wildman–Crippen LogP) is 4.15. The quantitative estimate of drug-likeness (QED) is 0.295. The van der Waals surface area contributed by atoms with Gasteiger partial charge in [-0.25, -0.2) is 13.9 Å². The van der Waals surface area contributed by atoms with E-state index in [9.17, 15) is 4.57 Å². The first kappa shape index (κ1) is 25.9. The highest BCUT2D eigenvalue weighted by Gasteiger charge is 2.61. The summed E-state index contributed by atoms with van der Waals surface area (Å²) < 4.78 is 58.4. The number of phosphoric acid groups is 1. The molecule has 2 aromatic rings. The summed E-state index contributed by atoms with van der Waals surface area (Å²) in [7, 11) is -0.676. The molecule has 11 nitrogen and oxygen atoms in total. The van der Waals surface area contributed by atoms with E-state index in [2.05, 4.69) is 35.7 Å². The molecule has 4 rings (SSSR count). The topological polar surface area (TPSA) is 133 Å². The van der Waals surface area contributed by atoms with Crippen molar-refractivity contribution in [2.24, 2.45) is 0 Å². The Bertz CT molecular complexity index is 1080. The Labute approximate surface area is 205 Å². The maximum atomic E-state index is 16.1. The number of hydrogen-bond acceptors (Lipinski definition) is 12. The minimum absolute atomic E-state index is 0.0475. The van der Waals surface area contributed by atoms with Crippen LogP contribution in [-0.4, -0.2) is 67.7 Å². The van der Waals surface area contributed by atoms with Gasteiger partial charge in [-0.2, -0.15) is 9.97 Å². The van der Waals surface area contributed by atoms with E-state index in [1.54, 1.807) is 28.5 Å². The molecule has 0 spiro atoms. The third-order valence-electron chi connectivity index (χ3n) is 4.99. The summed E-state index contributed by atoms with van der Waals surface area (Å²) in [5.74, 6) is 0.719. The van der Waals surface area contributed by atoms with Crippen LogP contribution in [0.15, 0.2) is 6.33 Å². The van der Waals surface area contributed by atoms with Crippen molar-refractivity contribution in [1.29, 1.82) is 0 Å². The van der Waals surface area contributed by atoms with Crippen molar-refractivity contribution in [1.82, 2.24) is 19.5 Å². The molecule has 0 aromatic carbocycles. The first-order chi connectivity index (χ1) is 15.9. The van der Waals surface area contributed by atoms with Gasteiger partial charge in [0.25, 0.3) is 0 Å². The number of hydrogen-bond donors (Lipinski definition) is 1. The number of fused-ring (bicyclic) bond motifs is 2. The van der Waals surface area contributed by atoms with E-state index in [4.69, 9.17) is 28.8 Å². The van der Waals surface area contributed by atoms with E-state index in [0.717, 1.165) is 0 Å². The lowest BCUT2D eigenvalue weighted by Crippen LogP contribution is -2.44. The highest BCUT2D eigenvalue weighted by atomic mass is 33.1. The zero-order valence-electron chi connectivity index (χ0n) is 19.6. The van der Waals surface area contributed by atoms with Crippen LogP contribution in [0.25, 0.3) is 11.2 Å². The summed E-state index contributed by atoms with van der Waals surface area (Å²) in [6.07, 6.45) is -1.80. The summed E-state index contributed by atoms with van der Waals surface area (Å²) in [5.41, 5.74) is 4.28. The molecule has 2 aliphatic heterocycles. The third kappa shape index (κ3) is 5.32. The summed E-state index contributed by atoms with van der Waals surface area (Å²) >= 11 is 0. The van der Waals surface area contributed by atoms with Crippen LogP contribution in [0.3, 0.4) is 0 Å². The summed E-state index contributed by atoms with van der Waals surface area (Å²) in [5, 5.41) is 0. The van der Waals surface area contributed by atoms with Crippen LogP contribution < -0.4 is 10.5 Å². The minimum atomic E-state index is -3.95. The molecule has 2 N–H and O–H groups in total. The van der Waals surface area contributed by atoms with Crippen LogP contribution in [-0.2, 0) is 22.9 Å². The van der Waals surface area contributed by atoms with Crippen LogP contribution in [0.1, 0.15) is 40.8 Å². The molecule has 0 amide bonds. The van der Waals surface area contributed by atoms with E-state index >= 15 is 4.39 Å². The van der Waals surface area contributed by atoms with Gasteiger partial charge in [0.1, 0.15) is 12.2 Å². The number of ether oxygens (including phenoxy) is 2. The molecule has 0 aliphatic carbocycles. The number of halogens is 1. The number of anilines is 1. The average Bonchev–Trinajstić information content (AvgIpc) is 3.25. The number of imidazole rings is 1. The summed E-state index contributed by atoms with van der Waals surface area (Å²) in [4.78, 5) is 12.5. The van der Waals surface area contributed by atoms with Gasteiger partial charge in [0.15, 0.2) is 23.1 Å². The fraction of sp³-hybridized carbons (Fsp3) is 0.737. The Balaban J connectivity index is 1.49. The van der Waals surface area contributed by atoms with E-state index < -0.39 is 31.9 Å². The largest absolute Gasteiger partial charge is 0.476 e. The lowest BCUT2D eigenvalue weighted by Gasteiger charge is -2.33. The number of nitrogens with zero attached hydrogens (tertiary/aromatic N) is 4. The smallest absolute Gasteiger partial charge is 0.475 e. The molecular formula is C19H29FN5O6PS2. The van der Waals surface area contributed by atoms with Crippen molar-refractivity contribution in [3.05, 3.63) is 6.33 Å². The van der Waals surface area contributed by atoms with Crippen molar-refractivity contribution in [2.75, 3.05) is 31.3 Å². The van der Waals surface area contributed by atoms with Gasteiger partial charge in [0.05, 0.1) is 26.1 Å². The first-order valence-electron chi connectivity index (χ1n) is 10.8. The summed E-state index contributed by atoms with van der Waals surface area (Å²) in [6.45, 7) is 9.74.